The average Bonchev–Trinajstić information content (AvgIpc) is 3.26. The SMILES string of the molecule is O=S(=O)(Nc1cccc(-c2ccc3nncn3n2)c1)C1CC1. The Morgan fingerprint density at radius 1 is 1.18 bits per heavy atom. The lowest BCUT2D eigenvalue weighted by Gasteiger charge is -2.08. The molecule has 2 heterocycles. The average molecular weight is 315 g/mol. The van der Waals surface area contributed by atoms with Gasteiger partial charge in [-0.3, -0.25) is 4.72 Å². The van der Waals surface area contributed by atoms with Gasteiger partial charge >= 0.3 is 0 Å². The van der Waals surface area contributed by atoms with Gasteiger partial charge in [0.05, 0.1) is 10.9 Å². The molecule has 22 heavy (non-hydrogen) atoms. The van der Waals surface area contributed by atoms with Gasteiger partial charge in [-0.25, -0.2) is 8.42 Å². The van der Waals surface area contributed by atoms with Crippen LogP contribution >= 0.6 is 0 Å². The van der Waals surface area contributed by atoms with Crippen molar-refractivity contribution in [2.45, 2.75) is 18.1 Å². The molecular weight excluding hydrogens is 302 g/mol. The van der Waals surface area contributed by atoms with Crippen molar-refractivity contribution in [2.75, 3.05) is 4.72 Å². The van der Waals surface area contributed by atoms with E-state index in [1.165, 1.54) is 6.33 Å². The van der Waals surface area contributed by atoms with Crippen molar-refractivity contribution in [3.8, 4) is 11.3 Å². The van der Waals surface area contributed by atoms with Gasteiger partial charge in [-0.05, 0) is 37.1 Å². The number of aromatic nitrogens is 4. The molecular formula is C14H13N5O2S. The fourth-order valence-electron chi connectivity index (χ4n) is 2.25. The van der Waals surface area contributed by atoms with Crippen LogP contribution in [-0.4, -0.2) is 33.5 Å². The second-order valence-electron chi connectivity index (χ2n) is 5.28. The number of anilines is 1. The summed E-state index contributed by atoms with van der Waals surface area (Å²) in [5, 5.41) is 11.8. The number of hydrogen-bond donors (Lipinski definition) is 1. The highest BCUT2D eigenvalue weighted by molar-refractivity contribution is 7.93. The third-order valence-electron chi connectivity index (χ3n) is 3.54. The number of fused-ring (bicyclic) bond motifs is 1. The first-order valence-electron chi connectivity index (χ1n) is 6.91. The van der Waals surface area contributed by atoms with Crippen LogP contribution in [-0.2, 0) is 10.0 Å². The third-order valence-corrected chi connectivity index (χ3v) is 5.41. The highest BCUT2D eigenvalue weighted by Gasteiger charge is 2.35. The number of nitrogens with one attached hydrogen (secondary N) is 1. The molecule has 1 saturated carbocycles. The van der Waals surface area contributed by atoms with Crippen LogP contribution < -0.4 is 4.72 Å². The number of rotatable bonds is 4. The maximum absolute atomic E-state index is 12.0. The van der Waals surface area contributed by atoms with Crippen LogP contribution in [0, 0.1) is 0 Å². The Kier molecular flexibility index (Phi) is 2.86. The molecule has 4 rings (SSSR count). The summed E-state index contributed by atoms with van der Waals surface area (Å²) in [6.07, 6.45) is 3.00. The fraction of sp³-hybridized carbons (Fsp3) is 0.214. The molecule has 3 aromatic rings. The molecule has 0 radical (unpaired) electrons. The van der Waals surface area contributed by atoms with Gasteiger partial charge in [0.2, 0.25) is 10.0 Å². The largest absolute Gasteiger partial charge is 0.283 e. The summed E-state index contributed by atoms with van der Waals surface area (Å²) in [5.41, 5.74) is 2.76. The Morgan fingerprint density at radius 2 is 2.05 bits per heavy atom. The van der Waals surface area contributed by atoms with Gasteiger partial charge in [0, 0.05) is 11.3 Å². The molecule has 1 fully saturated rings. The minimum Gasteiger partial charge on any atom is -0.283 e. The predicted molar refractivity (Wildman–Crippen MR) is 81.8 cm³/mol. The van der Waals surface area contributed by atoms with Crippen LogP contribution in [0.5, 0.6) is 0 Å². The lowest BCUT2D eigenvalue weighted by atomic mass is 10.1. The Hall–Kier alpha value is -2.48. The summed E-state index contributed by atoms with van der Waals surface area (Å²) >= 11 is 0. The first-order valence-corrected chi connectivity index (χ1v) is 8.46. The van der Waals surface area contributed by atoms with Gasteiger partial charge in [0.25, 0.3) is 0 Å². The van der Waals surface area contributed by atoms with Crippen LogP contribution in [0.25, 0.3) is 16.9 Å². The van der Waals surface area contributed by atoms with E-state index in [1.54, 1.807) is 22.7 Å². The van der Waals surface area contributed by atoms with Gasteiger partial charge in [0.15, 0.2) is 5.65 Å². The van der Waals surface area contributed by atoms with Gasteiger partial charge < -0.3 is 0 Å². The molecule has 0 amide bonds. The van der Waals surface area contributed by atoms with E-state index in [2.05, 4.69) is 20.0 Å². The van der Waals surface area contributed by atoms with Crippen molar-refractivity contribution in [1.82, 2.24) is 19.8 Å². The van der Waals surface area contributed by atoms with Crippen molar-refractivity contribution in [2.24, 2.45) is 0 Å². The first kappa shape index (κ1) is 13.2. The van der Waals surface area contributed by atoms with E-state index in [9.17, 15) is 8.42 Å². The number of sulfonamides is 1. The molecule has 8 heteroatoms. The molecule has 0 saturated heterocycles. The molecule has 0 spiro atoms. The normalized spacial score (nSPS) is 15.1. The molecule has 0 unspecified atom stereocenters. The molecule has 2 aromatic heterocycles. The second-order valence-corrected chi connectivity index (χ2v) is 7.24. The van der Waals surface area contributed by atoms with E-state index in [0.717, 1.165) is 24.1 Å². The zero-order valence-corrected chi connectivity index (χ0v) is 12.4. The quantitative estimate of drug-likeness (QED) is 0.791. The third kappa shape index (κ3) is 2.41. The minimum atomic E-state index is -3.26. The summed E-state index contributed by atoms with van der Waals surface area (Å²) in [7, 11) is -3.26. The number of benzene rings is 1. The Balaban J connectivity index is 1.68. The van der Waals surface area contributed by atoms with E-state index in [0.29, 0.717) is 11.3 Å². The Labute approximate surface area is 127 Å². The van der Waals surface area contributed by atoms with E-state index in [1.807, 2.05) is 18.2 Å². The topological polar surface area (TPSA) is 89.2 Å². The zero-order chi connectivity index (χ0) is 15.2. The molecule has 1 aliphatic carbocycles. The summed E-state index contributed by atoms with van der Waals surface area (Å²) in [6.45, 7) is 0. The second kappa shape index (κ2) is 4.77. The molecule has 0 aliphatic heterocycles. The molecule has 1 aromatic carbocycles. The van der Waals surface area contributed by atoms with Gasteiger partial charge in [-0.2, -0.15) is 9.61 Å². The van der Waals surface area contributed by atoms with Crippen LogP contribution in [0.3, 0.4) is 0 Å². The number of nitrogens with zero attached hydrogens (tertiary/aromatic N) is 4. The minimum absolute atomic E-state index is 0.248. The Bertz CT molecular complexity index is 947. The summed E-state index contributed by atoms with van der Waals surface area (Å²) in [5.74, 6) is 0. The molecule has 1 aliphatic rings. The maximum atomic E-state index is 12.0. The van der Waals surface area contributed by atoms with Crippen LogP contribution in [0.4, 0.5) is 5.69 Å². The van der Waals surface area contributed by atoms with Crippen molar-refractivity contribution in [3.63, 3.8) is 0 Å². The highest BCUT2D eigenvalue weighted by atomic mass is 32.2. The molecule has 7 nitrogen and oxygen atoms in total. The molecule has 0 atom stereocenters. The van der Waals surface area contributed by atoms with Crippen molar-refractivity contribution < 1.29 is 8.42 Å². The smallest absolute Gasteiger partial charge is 0.235 e. The van der Waals surface area contributed by atoms with Crippen molar-refractivity contribution in [1.29, 1.82) is 0 Å². The highest BCUT2D eigenvalue weighted by Crippen LogP contribution is 2.30. The van der Waals surface area contributed by atoms with Crippen molar-refractivity contribution in [3.05, 3.63) is 42.7 Å². The fourth-order valence-corrected chi connectivity index (χ4v) is 3.63. The van der Waals surface area contributed by atoms with E-state index in [4.69, 9.17) is 0 Å². The Morgan fingerprint density at radius 3 is 2.86 bits per heavy atom. The summed E-state index contributed by atoms with van der Waals surface area (Å²) < 4.78 is 28.2. The van der Waals surface area contributed by atoms with E-state index in [-0.39, 0.29) is 5.25 Å². The van der Waals surface area contributed by atoms with Crippen LogP contribution in [0.15, 0.2) is 42.7 Å². The van der Waals surface area contributed by atoms with Crippen molar-refractivity contribution >= 4 is 21.4 Å². The van der Waals surface area contributed by atoms with E-state index < -0.39 is 10.0 Å². The lowest BCUT2D eigenvalue weighted by Crippen LogP contribution is -2.17. The molecule has 0 bridgehead atoms. The molecule has 112 valence electrons. The molecule has 1 N–H and O–H groups in total. The zero-order valence-electron chi connectivity index (χ0n) is 11.5. The summed E-state index contributed by atoms with van der Waals surface area (Å²) in [6, 6.07) is 10.8. The van der Waals surface area contributed by atoms with Gasteiger partial charge in [-0.1, -0.05) is 12.1 Å². The van der Waals surface area contributed by atoms with Gasteiger partial charge in [-0.15, -0.1) is 10.2 Å². The van der Waals surface area contributed by atoms with Gasteiger partial charge in [0.1, 0.15) is 6.33 Å². The predicted octanol–water partition coefficient (Wildman–Crippen LogP) is 1.70. The van der Waals surface area contributed by atoms with E-state index >= 15 is 0 Å². The standard InChI is InChI=1S/C14H13N5O2S/c20-22(21,12-4-5-12)18-11-3-1-2-10(8-11)13-6-7-14-16-15-9-19(14)17-13/h1-3,6-9,12,18H,4-5H2. The first-order chi connectivity index (χ1) is 10.6. The lowest BCUT2D eigenvalue weighted by molar-refractivity contribution is 0.600. The van der Waals surface area contributed by atoms with Crippen LogP contribution in [0.1, 0.15) is 12.8 Å². The number of hydrogen-bond acceptors (Lipinski definition) is 5. The summed E-state index contributed by atoms with van der Waals surface area (Å²) in [4.78, 5) is 0. The van der Waals surface area contributed by atoms with Crippen LogP contribution in [0.2, 0.25) is 0 Å². The maximum Gasteiger partial charge on any atom is 0.235 e. The monoisotopic (exact) mass is 315 g/mol.